The molecule has 5 nitrogen and oxygen atoms in total. The van der Waals surface area contributed by atoms with E-state index in [1.807, 2.05) is 0 Å². The maximum atomic E-state index is 12.5. The number of nitro groups is 1. The first-order valence-electron chi connectivity index (χ1n) is 3.64. The number of methoxy groups -OCH3 is 1. The van der Waals surface area contributed by atoms with Crippen LogP contribution < -0.4 is 4.74 Å². The molecule has 0 spiro atoms. The third kappa shape index (κ3) is 2.38. The predicted octanol–water partition coefficient (Wildman–Crippen LogP) is 2.70. The lowest BCUT2D eigenvalue weighted by Gasteiger charge is -2.06. The minimum Gasteiger partial charge on any atom is -0.496 e. The largest absolute Gasteiger partial charge is 0.496 e. The van der Waals surface area contributed by atoms with Crippen LogP contribution in [0.2, 0.25) is 0 Å². The van der Waals surface area contributed by atoms with Gasteiger partial charge < -0.3 is 14.9 Å². The van der Waals surface area contributed by atoms with Crippen LogP contribution in [-0.2, 0) is 0 Å². The van der Waals surface area contributed by atoms with E-state index < -0.39 is 22.7 Å². The van der Waals surface area contributed by atoms with Crippen molar-refractivity contribution in [2.45, 2.75) is 6.43 Å². The molecule has 0 N–H and O–H groups in total. The Labute approximate surface area is 91.3 Å². The molecule has 0 saturated carbocycles. The van der Waals surface area contributed by atoms with Gasteiger partial charge in [0.05, 0.1) is 13.2 Å². The minimum atomic E-state index is -2.82. The molecule has 0 saturated heterocycles. The number of rotatable bonds is 3. The van der Waals surface area contributed by atoms with Crippen LogP contribution in [0.3, 0.4) is 0 Å². The maximum absolute atomic E-state index is 12.5. The Morgan fingerprint density at radius 3 is 2.67 bits per heavy atom. The molecule has 0 aliphatic rings. The van der Waals surface area contributed by atoms with Crippen LogP contribution in [0.25, 0.3) is 0 Å². The van der Waals surface area contributed by atoms with Crippen LogP contribution in [-0.4, -0.2) is 17.0 Å². The molecule has 0 aromatic carbocycles. The summed E-state index contributed by atoms with van der Waals surface area (Å²) >= 11 is 2.73. The van der Waals surface area contributed by atoms with Gasteiger partial charge in [0.25, 0.3) is 6.43 Å². The summed E-state index contributed by atoms with van der Waals surface area (Å²) in [5, 5.41) is 10.4. The van der Waals surface area contributed by atoms with Crippen molar-refractivity contribution in [1.82, 2.24) is 4.98 Å². The van der Waals surface area contributed by atoms with E-state index in [0.29, 0.717) is 0 Å². The van der Waals surface area contributed by atoms with Crippen LogP contribution >= 0.6 is 15.9 Å². The Balaban J connectivity index is 3.37. The van der Waals surface area contributed by atoms with E-state index in [-0.39, 0.29) is 10.4 Å². The summed E-state index contributed by atoms with van der Waals surface area (Å²) < 4.78 is 29.3. The molecule has 0 radical (unpaired) electrons. The van der Waals surface area contributed by atoms with E-state index in [1.165, 1.54) is 0 Å². The highest BCUT2D eigenvalue weighted by molar-refractivity contribution is 9.10. The van der Waals surface area contributed by atoms with Crippen molar-refractivity contribution in [3.05, 3.63) is 26.3 Å². The van der Waals surface area contributed by atoms with Crippen LogP contribution in [0.4, 0.5) is 14.6 Å². The van der Waals surface area contributed by atoms with Crippen LogP contribution in [0.15, 0.2) is 10.7 Å². The van der Waals surface area contributed by atoms with Gasteiger partial charge in [0.15, 0.2) is 0 Å². The molecule has 15 heavy (non-hydrogen) atoms. The van der Waals surface area contributed by atoms with E-state index in [4.69, 9.17) is 0 Å². The van der Waals surface area contributed by atoms with Gasteiger partial charge in [0.1, 0.15) is 11.3 Å². The zero-order valence-electron chi connectivity index (χ0n) is 7.41. The van der Waals surface area contributed by atoms with Crippen molar-refractivity contribution in [2.75, 3.05) is 7.11 Å². The van der Waals surface area contributed by atoms with Gasteiger partial charge in [0, 0.05) is 15.9 Å². The Bertz CT molecular complexity index is 400. The summed E-state index contributed by atoms with van der Waals surface area (Å²) in [6.07, 6.45) is -2.82. The molecule has 0 atom stereocenters. The highest BCUT2D eigenvalue weighted by Gasteiger charge is 2.25. The summed E-state index contributed by atoms with van der Waals surface area (Å²) in [5.41, 5.74) is -0.497. The molecular formula is C7H5BrF2N2O3. The first-order valence-corrected chi connectivity index (χ1v) is 4.43. The lowest BCUT2D eigenvalue weighted by molar-refractivity contribution is -0.389. The van der Waals surface area contributed by atoms with Crippen molar-refractivity contribution in [3.8, 4) is 5.75 Å². The van der Waals surface area contributed by atoms with Gasteiger partial charge in [-0.05, 0) is 9.91 Å². The molecule has 0 unspecified atom stereocenters. The number of hydrogen-bond acceptors (Lipinski definition) is 4. The van der Waals surface area contributed by atoms with Gasteiger partial charge in [-0.1, -0.05) is 0 Å². The second kappa shape index (κ2) is 4.47. The minimum absolute atomic E-state index is 0.265. The number of nitrogens with zero attached hydrogens (tertiary/aromatic N) is 2. The molecule has 0 aliphatic carbocycles. The summed E-state index contributed by atoms with van der Waals surface area (Å²) in [6, 6.07) is 0.853. The molecule has 0 aliphatic heterocycles. The highest BCUT2D eigenvalue weighted by atomic mass is 79.9. The summed E-state index contributed by atoms with van der Waals surface area (Å²) in [7, 11) is 1.15. The number of alkyl halides is 2. The normalized spacial score (nSPS) is 10.5. The number of halogens is 3. The zero-order valence-corrected chi connectivity index (χ0v) is 8.99. The van der Waals surface area contributed by atoms with Crippen LogP contribution in [0.5, 0.6) is 5.75 Å². The number of pyridine rings is 1. The smallest absolute Gasteiger partial charge is 0.368 e. The molecule has 0 bridgehead atoms. The van der Waals surface area contributed by atoms with Gasteiger partial charge in [-0.2, -0.15) is 0 Å². The van der Waals surface area contributed by atoms with E-state index in [1.54, 1.807) is 0 Å². The van der Waals surface area contributed by atoms with Crippen molar-refractivity contribution in [3.63, 3.8) is 0 Å². The molecule has 1 aromatic heterocycles. The third-order valence-electron chi connectivity index (χ3n) is 1.59. The summed E-state index contributed by atoms with van der Waals surface area (Å²) in [6.45, 7) is 0. The summed E-state index contributed by atoms with van der Waals surface area (Å²) in [5.74, 6) is -0.818. The highest BCUT2D eigenvalue weighted by Crippen LogP contribution is 2.36. The topological polar surface area (TPSA) is 65.3 Å². The fraction of sp³-hybridized carbons (Fsp3) is 0.286. The Kier molecular flexibility index (Phi) is 3.51. The molecule has 82 valence electrons. The van der Waals surface area contributed by atoms with Gasteiger partial charge in [-0.3, -0.25) is 0 Å². The predicted molar refractivity (Wildman–Crippen MR) is 50.1 cm³/mol. The van der Waals surface area contributed by atoms with E-state index in [0.717, 1.165) is 13.2 Å². The third-order valence-corrected chi connectivity index (χ3v) is 2.19. The van der Waals surface area contributed by atoms with Crippen molar-refractivity contribution < 1.29 is 18.4 Å². The van der Waals surface area contributed by atoms with Gasteiger partial charge in [-0.15, -0.1) is 0 Å². The molecule has 8 heteroatoms. The average molecular weight is 283 g/mol. The average Bonchev–Trinajstić information content (AvgIpc) is 2.15. The first-order chi connectivity index (χ1) is 6.97. The molecule has 1 aromatic rings. The lowest BCUT2D eigenvalue weighted by atomic mass is 10.2. The van der Waals surface area contributed by atoms with Crippen molar-refractivity contribution >= 4 is 21.7 Å². The van der Waals surface area contributed by atoms with Crippen molar-refractivity contribution in [1.29, 1.82) is 0 Å². The Morgan fingerprint density at radius 2 is 2.27 bits per heavy atom. The van der Waals surface area contributed by atoms with Gasteiger partial charge in [0.2, 0.25) is 4.60 Å². The van der Waals surface area contributed by atoms with Gasteiger partial charge >= 0.3 is 5.82 Å². The quantitative estimate of drug-likeness (QED) is 0.486. The second-order valence-electron chi connectivity index (χ2n) is 2.45. The fourth-order valence-corrected chi connectivity index (χ4v) is 1.50. The zero-order chi connectivity index (χ0) is 11.6. The van der Waals surface area contributed by atoms with Crippen LogP contribution in [0.1, 0.15) is 12.0 Å². The molecule has 0 amide bonds. The maximum Gasteiger partial charge on any atom is 0.368 e. The van der Waals surface area contributed by atoms with E-state index in [2.05, 4.69) is 25.7 Å². The standard InChI is InChI=1S/C7H5BrF2N2O3/c1-15-3-2-4(12(13)14)11-6(8)5(3)7(9)10/h2,7H,1H3. The number of aromatic nitrogens is 1. The first kappa shape index (κ1) is 11.8. The van der Waals surface area contributed by atoms with E-state index >= 15 is 0 Å². The SMILES string of the molecule is COc1cc([N+](=O)[O-])nc(Br)c1C(F)F. The second-order valence-corrected chi connectivity index (χ2v) is 3.20. The lowest BCUT2D eigenvalue weighted by Crippen LogP contribution is -2.00. The molecule has 1 heterocycles. The fourth-order valence-electron chi connectivity index (χ4n) is 0.950. The van der Waals surface area contributed by atoms with Crippen molar-refractivity contribution in [2.24, 2.45) is 0 Å². The summed E-state index contributed by atoms with van der Waals surface area (Å²) in [4.78, 5) is 13.0. The number of hydrogen-bond donors (Lipinski definition) is 0. The van der Waals surface area contributed by atoms with Gasteiger partial charge in [-0.25, -0.2) is 8.78 Å². The molecule has 0 fully saturated rings. The monoisotopic (exact) mass is 282 g/mol. The Morgan fingerprint density at radius 1 is 1.67 bits per heavy atom. The molecule has 1 rings (SSSR count). The molecular weight excluding hydrogens is 278 g/mol. The van der Waals surface area contributed by atoms with Crippen LogP contribution in [0, 0.1) is 10.1 Å². The number of ether oxygens (including phenoxy) is 1. The Hall–Kier alpha value is -1.31. The van der Waals surface area contributed by atoms with E-state index in [9.17, 15) is 18.9 Å².